The second-order valence-electron chi connectivity index (χ2n) is 4.34. The maximum atomic E-state index is 13.2. The molecule has 0 aliphatic heterocycles. The third kappa shape index (κ3) is 2.44. The van der Waals surface area contributed by atoms with E-state index in [9.17, 15) is 4.39 Å². The Hall–Kier alpha value is -2.53. The third-order valence-corrected chi connectivity index (χ3v) is 2.94. The normalized spacial score (nSPS) is 12.3. The SMILES string of the molecule is NC(c1ccccc1)c1nnc(-c2cccc(F)c2)o1. The minimum Gasteiger partial charge on any atom is -0.419 e. The summed E-state index contributed by atoms with van der Waals surface area (Å²) < 4.78 is 18.7. The fourth-order valence-electron chi connectivity index (χ4n) is 1.90. The zero-order valence-corrected chi connectivity index (χ0v) is 10.5. The zero-order chi connectivity index (χ0) is 13.9. The molecule has 0 aliphatic carbocycles. The average molecular weight is 269 g/mol. The maximum absolute atomic E-state index is 13.2. The molecule has 2 N–H and O–H groups in total. The summed E-state index contributed by atoms with van der Waals surface area (Å²) >= 11 is 0. The van der Waals surface area contributed by atoms with Crippen LogP contribution in [-0.2, 0) is 0 Å². The Balaban J connectivity index is 1.91. The highest BCUT2D eigenvalue weighted by Gasteiger charge is 2.17. The van der Waals surface area contributed by atoms with E-state index >= 15 is 0 Å². The van der Waals surface area contributed by atoms with E-state index in [-0.39, 0.29) is 11.7 Å². The van der Waals surface area contributed by atoms with Crippen molar-refractivity contribution in [3.8, 4) is 11.5 Å². The maximum Gasteiger partial charge on any atom is 0.247 e. The lowest BCUT2D eigenvalue weighted by Gasteiger charge is -2.06. The van der Waals surface area contributed by atoms with Gasteiger partial charge in [-0.15, -0.1) is 10.2 Å². The second kappa shape index (κ2) is 5.22. The molecule has 1 aromatic heterocycles. The van der Waals surface area contributed by atoms with Crippen molar-refractivity contribution in [1.82, 2.24) is 10.2 Å². The molecule has 0 saturated carbocycles. The third-order valence-electron chi connectivity index (χ3n) is 2.94. The summed E-state index contributed by atoms with van der Waals surface area (Å²) in [4.78, 5) is 0. The van der Waals surface area contributed by atoms with Gasteiger partial charge >= 0.3 is 0 Å². The lowest BCUT2D eigenvalue weighted by molar-refractivity contribution is 0.484. The van der Waals surface area contributed by atoms with Crippen LogP contribution in [0.4, 0.5) is 4.39 Å². The standard InChI is InChI=1S/C15H12FN3O/c16-12-8-4-7-11(9-12)14-18-19-15(20-14)13(17)10-5-2-1-3-6-10/h1-9,13H,17H2. The summed E-state index contributed by atoms with van der Waals surface area (Å²) in [5, 5.41) is 7.85. The Labute approximate surface area is 115 Å². The predicted molar refractivity (Wildman–Crippen MR) is 72.2 cm³/mol. The minimum absolute atomic E-state index is 0.255. The quantitative estimate of drug-likeness (QED) is 0.794. The fraction of sp³-hybridized carbons (Fsp3) is 0.0667. The minimum atomic E-state index is -0.494. The monoisotopic (exact) mass is 269 g/mol. The Morgan fingerprint density at radius 3 is 2.55 bits per heavy atom. The number of benzene rings is 2. The van der Waals surface area contributed by atoms with Gasteiger partial charge in [0.05, 0.1) is 0 Å². The molecule has 100 valence electrons. The van der Waals surface area contributed by atoms with Crippen LogP contribution in [0.2, 0.25) is 0 Å². The van der Waals surface area contributed by atoms with Gasteiger partial charge in [0.2, 0.25) is 11.8 Å². The molecule has 0 bridgehead atoms. The molecule has 3 aromatic rings. The lowest BCUT2D eigenvalue weighted by atomic mass is 10.1. The highest BCUT2D eigenvalue weighted by atomic mass is 19.1. The van der Waals surface area contributed by atoms with E-state index < -0.39 is 6.04 Å². The van der Waals surface area contributed by atoms with Crippen LogP contribution in [0, 0.1) is 5.82 Å². The van der Waals surface area contributed by atoms with Crippen LogP contribution < -0.4 is 5.73 Å². The van der Waals surface area contributed by atoms with Crippen molar-refractivity contribution >= 4 is 0 Å². The molecule has 0 saturated heterocycles. The van der Waals surface area contributed by atoms with Crippen molar-refractivity contribution in [1.29, 1.82) is 0 Å². The van der Waals surface area contributed by atoms with Gasteiger partial charge in [-0.05, 0) is 23.8 Å². The molecular weight excluding hydrogens is 257 g/mol. The van der Waals surface area contributed by atoms with Crippen LogP contribution in [-0.4, -0.2) is 10.2 Å². The summed E-state index contributed by atoms with van der Waals surface area (Å²) in [6.45, 7) is 0. The Kier molecular flexibility index (Phi) is 3.26. The molecule has 0 fully saturated rings. The van der Waals surface area contributed by atoms with Crippen LogP contribution in [0.5, 0.6) is 0 Å². The Morgan fingerprint density at radius 2 is 1.80 bits per heavy atom. The van der Waals surface area contributed by atoms with Gasteiger partial charge in [-0.25, -0.2) is 4.39 Å². The van der Waals surface area contributed by atoms with E-state index in [2.05, 4.69) is 10.2 Å². The summed E-state index contributed by atoms with van der Waals surface area (Å²) in [6, 6.07) is 14.9. The van der Waals surface area contributed by atoms with Crippen molar-refractivity contribution in [3.63, 3.8) is 0 Å². The molecule has 3 rings (SSSR count). The molecule has 1 heterocycles. The van der Waals surface area contributed by atoms with Crippen LogP contribution in [0.15, 0.2) is 59.0 Å². The predicted octanol–water partition coefficient (Wildman–Crippen LogP) is 2.92. The number of rotatable bonds is 3. The number of halogens is 1. The number of nitrogens with zero attached hydrogens (tertiary/aromatic N) is 2. The van der Waals surface area contributed by atoms with Crippen molar-refractivity contribution in [2.75, 3.05) is 0 Å². The zero-order valence-electron chi connectivity index (χ0n) is 10.5. The first kappa shape index (κ1) is 12.5. The Morgan fingerprint density at radius 1 is 1.00 bits per heavy atom. The number of hydrogen-bond acceptors (Lipinski definition) is 4. The first-order valence-corrected chi connectivity index (χ1v) is 6.14. The summed E-state index contributed by atoms with van der Waals surface area (Å²) in [6.07, 6.45) is 0. The van der Waals surface area contributed by atoms with E-state index in [0.717, 1.165) is 5.56 Å². The smallest absolute Gasteiger partial charge is 0.247 e. The van der Waals surface area contributed by atoms with E-state index in [1.165, 1.54) is 12.1 Å². The van der Waals surface area contributed by atoms with Crippen molar-refractivity contribution in [2.24, 2.45) is 5.73 Å². The number of hydrogen-bond donors (Lipinski definition) is 1. The van der Waals surface area contributed by atoms with Gasteiger partial charge in [-0.2, -0.15) is 0 Å². The highest BCUT2D eigenvalue weighted by molar-refractivity contribution is 5.52. The topological polar surface area (TPSA) is 64.9 Å². The fourth-order valence-corrected chi connectivity index (χ4v) is 1.90. The molecule has 0 aliphatic rings. The molecule has 20 heavy (non-hydrogen) atoms. The van der Waals surface area contributed by atoms with Crippen molar-refractivity contribution in [2.45, 2.75) is 6.04 Å². The van der Waals surface area contributed by atoms with Crippen molar-refractivity contribution < 1.29 is 8.81 Å². The number of nitrogens with two attached hydrogens (primary N) is 1. The summed E-state index contributed by atoms with van der Waals surface area (Å²) in [5.41, 5.74) is 7.48. The van der Waals surface area contributed by atoms with Crippen LogP contribution in [0.25, 0.3) is 11.5 Å². The van der Waals surface area contributed by atoms with Gasteiger partial charge in [0, 0.05) is 5.56 Å². The molecule has 4 nitrogen and oxygen atoms in total. The largest absolute Gasteiger partial charge is 0.419 e. The second-order valence-corrected chi connectivity index (χ2v) is 4.34. The molecule has 0 amide bonds. The lowest BCUT2D eigenvalue weighted by Crippen LogP contribution is -2.11. The first-order chi connectivity index (χ1) is 9.74. The molecule has 1 unspecified atom stereocenters. The van der Waals surface area contributed by atoms with E-state index in [1.807, 2.05) is 30.3 Å². The first-order valence-electron chi connectivity index (χ1n) is 6.14. The summed E-state index contributed by atoms with van der Waals surface area (Å²) in [5.74, 6) is 0.205. The summed E-state index contributed by atoms with van der Waals surface area (Å²) in [7, 11) is 0. The Bertz CT molecular complexity index is 712. The van der Waals surface area contributed by atoms with Gasteiger partial charge in [0.25, 0.3) is 0 Å². The van der Waals surface area contributed by atoms with Gasteiger partial charge < -0.3 is 10.2 Å². The van der Waals surface area contributed by atoms with E-state index in [0.29, 0.717) is 11.5 Å². The molecule has 2 aromatic carbocycles. The molecule has 0 spiro atoms. The van der Waals surface area contributed by atoms with Crippen LogP contribution in [0.3, 0.4) is 0 Å². The van der Waals surface area contributed by atoms with Gasteiger partial charge in [0.15, 0.2) is 0 Å². The van der Waals surface area contributed by atoms with Crippen molar-refractivity contribution in [3.05, 3.63) is 71.9 Å². The molecule has 1 atom stereocenters. The highest BCUT2D eigenvalue weighted by Crippen LogP contribution is 2.23. The van der Waals surface area contributed by atoms with Gasteiger partial charge in [-0.3, -0.25) is 0 Å². The molecule has 5 heteroatoms. The van der Waals surface area contributed by atoms with Crippen LogP contribution >= 0.6 is 0 Å². The van der Waals surface area contributed by atoms with E-state index in [4.69, 9.17) is 10.2 Å². The number of aromatic nitrogens is 2. The van der Waals surface area contributed by atoms with Gasteiger partial charge in [0.1, 0.15) is 11.9 Å². The van der Waals surface area contributed by atoms with Gasteiger partial charge in [-0.1, -0.05) is 36.4 Å². The molecular formula is C15H12FN3O. The van der Waals surface area contributed by atoms with E-state index in [1.54, 1.807) is 12.1 Å². The molecule has 0 radical (unpaired) electrons. The van der Waals surface area contributed by atoms with Crippen LogP contribution in [0.1, 0.15) is 17.5 Å². The average Bonchev–Trinajstić information content (AvgIpc) is 2.97.